The summed E-state index contributed by atoms with van der Waals surface area (Å²) in [6.07, 6.45) is 2.20. The van der Waals surface area contributed by atoms with Crippen molar-refractivity contribution in [3.8, 4) is 0 Å². The zero-order valence-electron chi connectivity index (χ0n) is 11.9. The van der Waals surface area contributed by atoms with E-state index < -0.39 is 11.9 Å². The van der Waals surface area contributed by atoms with Gasteiger partial charge in [0.1, 0.15) is 18.7 Å². The maximum absolute atomic E-state index is 11.9. The van der Waals surface area contributed by atoms with Crippen molar-refractivity contribution in [3.63, 3.8) is 0 Å². The van der Waals surface area contributed by atoms with E-state index in [-0.39, 0.29) is 30.4 Å². The highest BCUT2D eigenvalue weighted by molar-refractivity contribution is 5.87. The lowest BCUT2D eigenvalue weighted by atomic mass is 10.2. The van der Waals surface area contributed by atoms with Crippen LogP contribution < -0.4 is 11.0 Å². The molecule has 8 nitrogen and oxygen atoms in total. The Morgan fingerprint density at radius 2 is 2.24 bits per heavy atom. The van der Waals surface area contributed by atoms with Gasteiger partial charge in [0.15, 0.2) is 0 Å². The number of carbonyl (C=O) groups excluding carboxylic acids is 2. The van der Waals surface area contributed by atoms with Crippen molar-refractivity contribution in [3.05, 3.63) is 22.7 Å². The molecule has 0 unspecified atom stereocenters. The van der Waals surface area contributed by atoms with Crippen molar-refractivity contribution in [2.45, 2.75) is 39.0 Å². The van der Waals surface area contributed by atoms with Gasteiger partial charge in [-0.1, -0.05) is 0 Å². The number of rotatable bonds is 4. The van der Waals surface area contributed by atoms with Crippen LogP contribution in [0.25, 0.3) is 0 Å². The molecule has 0 bridgehead atoms. The third kappa shape index (κ3) is 4.12. The predicted molar refractivity (Wildman–Crippen MR) is 72.6 cm³/mol. The predicted octanol–water partition coefficient (Wildman–Crippen LogP) is 0.442. The maximum Gasteiger partial charge on any atom is 0.351 e. The molecule has 1 aliphatic heterocycles. The Kier molecular flexibility index (Phi) is 4.69. The summed E-state index contributed by atoms with van der Waals surface area (Å²) in [4.78, 5) is 37.3. The number of esters is 1. The summed E-state index contributed by atoms with van der Waals surface area (Å²) >= 11 is 0. The van der Waals surface area contributed by atoms with Crippen molar-refractivity contribution in [2.24, 2.45) is 0 Å². The Bertz CT molecular complexity index is 598. The summed E-state index contributed by atoms with van der Waals surface area (Å²) in [6, 6.07) is 1.53. The first-order valence-electron chi connectivity index (χ1n) is 6.61. The molecule has 1 saturated heterocycles. The molecule has 114 valence electrons. The molecule has 1 aliphatic rings. The van der Waals surface area contributed by atoms with Crippen molar-refractivity contribution in [2.75, 3.05) is 11.9 Å². The van der Waals surface area contributed by atoms with Gasteiger partial charge in [0.05, 0.1) is 6.10 Å². The zero-order chi connectivity index (χ0) is 15.4. The lowest BCUT2D eigenvalue weighted by molar-refractivity contribution is -0.145. The number of aromatic nitrogens is 2. The lowest BCUT2D eigenvalue weighted by Gasteiger charge is -2.15. The molecular formula is C13H17N3O5. The number of amides is 1. The van der Waals surface area contributed by atoms with Gasteiger partial charge in [0.2, 0.25) is 5.91 Å². The van der Waals surface area contributed by atoms with Crippen LogP contribution in [0.2, 0.25) is 0 Å². The number of hydrogen-bond donors (Lipinski definition) is 1. The van der Waals surface area contributed by atoms with Crippen LogP contribution in [0, 0.1) is 0 Å². The Hall–Kier alpha value is -2.22. The van der Waals surface area contributed by atoms with Crippen LogP contribution >= 0.6 is 0 Å². The first kappa shape index (κ1) is 15.2. The summed E-state index contributed by atoms with van der Waals surface area (Å²) in [5.74, 6) is -0.447. The van der Waals surface area contributed by atoms with Gasteiger partial charge in [-0.3, -0.25) is 14.2 Å². The highest BCUT2D eigenvalue weighted by Crippen LogP contribution is 2.27. The Morgan fingerprint density at radius 3 is 2.86 bits per heavy atom. The average molecular weight is 295 g/mol. The second kappa shape index (κ2) is 6.49. The number of nitrogens with zero attached hydrogens (tertiary/aromatic N) is 2. The van der Waals surface area contributed by atoms with E-state index in [1.165, 1.54) is 30.7 Å². The van der Waals surface area contributed by atoms with Gasteiger partial charge in [0, 0.05) is 20.0 Å². The highest BCUT2D eigenvalue weighted by atomic mass is 16.6. The molecule has 1 aromatic heterocycles. The van der Waals surface area contributed by atoms with Gasteiger partial charge in [-0.25, -0.2) is 4.79 Å². The highest BCUT2D eigenvalue weighted by Gasteiger charge is 2.28. The SMILES string of the molecule is CC(=O)Nc1ccn([C@H]2CC[C@@H](COC(C)=O)O2)c(=O)n1. The summed E-state index contributed by atoms with van der Waals surface area (Å²) in [7, 11) is 0. The maximum atomic E-state index is 11.9. The van der Waals surface area contributed by atoms with Crippen LogP contribution in [0.5, 0.6) is 0 Å². The molecule has 21 heavy (non-hydrogen) atoms. The molecular weight excluding hydrogens is 278 g/mol. The second-order valence-electron chi connectivity index (χ2n) is 4.78. The topological polar surface area (TPSA) is 99.5 Å². The molecule has 1 N–H and O–H groups in total. The molecule has 0 aromatic carbocycles. The standard InChI is InChI=1S/C13H17N3O5/c1-8(17)14-11-5-6-16(13(19)15-11)12-4-3-10(21-12)7-20-9(2)18/h5-6,10,12H,3-4,7H2,1-2H3,(H,14,15,17,19)/t10-,12+/m0/s1. The molecule has 1 amide bonds. The number of hydrogen-bond acceptors (Lipinski definition) is 6. The van der Waals surface area contributed by atoms with Crippen LogP contribution in [0.4, 0.5) is 5.82 Å². The van der Waals surface area contributed by atoms with Crippen LogP contribution in [-0.4, -0.2) is 34.1 Å². The zero-order valence-corrected chi connectivity index (χ0v) is 11.9. The monoisotopic (exact) mass is 295 g/mol. The van der Waals surface area contributed by atoms with E-state index in [1.54, 1.807) is 0 Å². The summed E-state index contributed by atoms with van der Waals surface area (Å²) < 4.78 is 11.9. The summed E-state index contributed by atoms with van der Waals surface area (Å²) in [5.41, 5.74) is -0.501. The molecule has 1 fully saturated rings. The molecule has 0 spiro atoms. The Balaban J connectivity index is 2.01. The Labute approximate surface area is 121 Å². The van der Waals surface area contributed by atoms with E-state index in [4.69, 9.17) is 9.47 Å². The molecule has 2 atom stereocenters. The quantitative estimate of drug-likeness (QED) is 0.809. The largest absolute Gasteiger partial charge is 0.463 e. The molecule has 0 aliphatic carbocycles. The van der Waals surface area contributed by atoms with Gasteiger partial charge < -0.3 is 14.8 Å². The van der Waals surface area contributed by atoms with Crippen LogP contribution in [0.1, 0.15) is 32.9 Å². The summed E-state index contributed by atoms with van der Waals surface area (Å²) in [5, 5.41) is 2.44. The average Bonchev–Trinajstić information content (AvgIpc) is 2.84. The van der Waals surface area contributed by atoms with Gasteiger partial charge in [0.25, 0.3) is 0 Å². The number of carbonyl (C=O) groups is 2. The molecule has 8 heteroatoms. The molecule has 2 heterocycles. The smallest absolute Gasteiger partial charge is 0.351 e. The third-order valence-corrected chi connectivity index (χ3v) is 3.00. The van der Waals surface area contributed by atoms with E-state index in [0.29, 0.717) is 12.8 Å². The molecule has 1 aromatic rings. The van der Waals surface area contributed by atoms with Crippen molar-refractivity contribution in [1.82, 2.24) is 9.55 Å². The van der Waals surface area contributed by atoms with Crippen molar-refractivity contribution >= 4 is 17.7 Å². The fraction of sp³-hybridized carbons (Fsp3) is 0.538. The number of ether oxygens (including phenoxy) is 2. The van der Waals surface area contributed by atoms with Crippen LogP contribution in [0.3, 0.4) is 0 Å². The molecule has 0 saturated carbocycles. The number of nitrogens with one attached hydrogen (secondary N) is 1. The first-order chi connectivity index (χ1) is 9.95. The number of anilines is 1. The third-order valence-electron chi connectivity index (χ3n) is 3.00. The van der Waals surface area contributed by atoms with Crippen molar-refractivity contribution < 1.29 is 19.1 Å². The van der Waals surface area contributed by atoms with E-state index in [0.717, 1.165) is 0 Å². The minimum Gasteiger partial charge on any atom is -0.463 e. The van der Waals surface area contributed by atoms with Crippen LogP contribution in [0.15, 0.2) is 17.1 Å². The fourth-order valence-electron chi connectivity index (χ4n) is 2.11. The van der Waals surface area contributed by atoms with Gasteiger partial charge in [-0.15, -0.1) is 0 Å². The molecule has 2 rings (SSSR count). The van der Waals surface area contributed by atoms with Crippen LogP contribution in [-0.2, 0) is 19.1 Å². The lowest BCUT2D eigenvalue weighted by Crippen LogP contribution is -2.28. The first-order valence-corrected chi connectivity index (χ1v) is 6.61. The van der Waals surface area contributed by atoms with E-state index in [1.807, 2.05) is 0 Å². The van der Waals surface area contributed by atoms with Crippen molar-refractivity contribution in [1.29, 1.82) is 0 Å². The minimum absolute atomic E-state index is 0.179. The fourth-order valence-corrected chi connectivity index (χ4v) is 2.11. The summed E-state index contributed by atoms with van der Waals surface area (Å²) in [6.45, 7) is 2.85. The van der Waals surface area contributed by atoms with E-state index >= 15 is 0 Å². The minimum atomic E-state index is -0.501. The van der Waals surface area contributed by atoms with E-state index in [2.05, 4.69) is 10.3 Å². The second-order valence-corrected chi connectivity index (χ2v) is 4.78. The Morgan fingerprint density at radius 1 is 1.48 bits per heavy atom. The molecule has 0 radical (unpaired) electrons. The van der Waals surface area contributed by atoms with E-state index in [9.17, 15) is 14.4 Å². The van der Waals surface area contributed by atoms with Gasteiger partial charge in [-0.05, 0) is 18.9 Å². The van der Waals surface area contributed by atoms with Gasteiger partial charge in [-0.2, -0.15) is 4.98 Å². The normalized spacial score (nSPS) is 21.0. The van der Waals surface area contributed by atoms with Gasteiger partial charge >= 0.3 is 11.7 Å².